The Hall–Kier alpha value is -0.900. The van der Waals surface area contributed by atoms with Crippen molar-refractivity contribution in [1.29, 1.82) is 0 Å². The number of carbonyl (C=O) groups excluding carboxylic acids is 2. The van der Waals surface area contributed by atoms with Gasteiger partial charge in [0.2, 0.25) is 11.8 Å². The third-order valence-corrected chi connectivity index (χ3v) is 3.52. The van der Waals surface area contributed by atoms with Gasteiger partial charge < -0.3 is 5.32 Å². The van der Waals surface area contributed by atoms with Gasteiger partial charge in [-0.2, -0.15) is 0 Å². The van der Waals surface area contributed by atoms with Crippen LogP contribution in [0.25, 0.3) is 0 Å². The molecule has 0 aromatic carbocycles. The van der Waals surface area contributed by atoms with Crippen molar-refractivity contribution >= 4 is 11.8 Å². The fraction of sp³-hybridized carbons (Fsp3) is 0.846. The summed E-state index contributed by atoms with van der Waals surface area (Å²) in [6.07, 6.45) is 7.12. The van der Waals surface area contributed by atoms with Gasteiger partial charge in [-0.05, 0) is 25.8 Å². The van der Waals surface area contributed by atoms with E-state index in [4.69, 9.17) is 0 Å². The summed E-state index contributed by atoms with van der Waals surface area (Å²) in [6, 6.07) is -0.0217. The second-order valence-electron chi connectivity index (χ2n) is 5.10. The van der Waals surface area contributed by atoms with Gasteiger partial charge in [-0.15, -0.1) is 0 Å². The van der Waals surface area contributed by atoms with Crippen molar-refractivity contribution in [3.63, 3.8) is 0 Å². The fourth-order valence-electron chi connectivity index (χ4n) is 2.35. The van der Waals surface area contributed by atoms with E-state index in [1.807, 2.05) is 0 Å². The Labute approximate surface area is 103 Å². The van der Waals surface area contributed by atoms with E-state index in [9.17, 15) is 9.59 Å². The van der Waals surface area contributed by atoms with E-state index >= 15 is 0 Å². The second-order valence-corrected chi connectivity index (χ2v) is 5.10. The van der Waals surface area contributed by atoms with E-state index in [0.29, 0.717) is 6.42 Å². The number of rotatable bonds is 7. The van der Waals surface area contributed by atoms with Crippen LogP contribution in [-0.2, 0) is 9.59 Å². The highest BCUT2D eigenvalue weighted by atomic mass is 16.2. The molecule has 1 saturated carbocycles. The van der Waals surface area contributed by atoms with E-state index in [-0.39, 0.29) is 23.9 Å². The van der Waals surface area contributed by atoms with Crippen LogP contribution in [0.3, 0.4) is 0 Å². The average molecular weight is 238 g/mol. The molecule has 1 aliphatic heterocycles. The number of carbonyl (C=O) groups is 2. The van der Waals surface area contributed by atoms with Crippen LogP contribution in [0.4, 0.5) is 0 Å². The standard InChI is InChI=1S/C13H22N2O2/c1-2-3-4-5-8-14-11-9-12(16)15(13(11)17)10-6-7-10/h10-11,14H,2-9H2,1H3. The van der Waals surface area contributed by atoms with Gasteiger partial charge in [0.25, 0.3) is 0 Å². The lowest BCUT2D eigenvalue weighted by Gasteiger charge is -2.14. The maximum atomic E-state index is 12.0. The zero-order valence-corrected chi connectivity index (χ0v) is 10.6. The van der Waals surface area contributed by atoms with Crippen molar-refractivity contribution in [2.24, 2.45) is 0 Å². The normalized spacial score (nSPS) is 24.8. The Morgan fingerprint density at radius 1 is 1.24 bits per heavy atom. The van der Waals surface area contributed by atoms with Crippen LogP contribution in [0.5, 0.6) is 0 Å². The number of nitrogens with zero attached hydrogens (tertiary/aromatic N) is 1. The fourth-order valence-corrected chi connectivity index (χ4v) is 2.35. The molecule has 96 valence electrons. The van der Waals surface area contributed by atoms with Gasteiger partial charge in [-0.3, -0.25) is 14.5 Å². The van der Waals surface area contributed by atoms with Crippen LogP contribution in [-0.4, -0.2) is 35.3 Å². The minimum absolute atomic E-state index is 0.00740. The maximum absolute atomic E-state index is 12.0. The molecule has 1 unspecified atom stereocenters. The summed E-state index contributed by atoms with van der Waals surface area (Å²) in [5, 5.41) is 3.22. The summed E-state index contributed by atoms with van der Waals surface area (Å²) < 4.78 is 0. The Kier molecular flexibility index (Phi) is 4.15. The van der Waals surface area contributed by atoms with E-state index in [1.165, 1.54) is 24.2 Å². The summed E-state index contributed by atoms with van der Waals surface area (Å²) in [4.78, 5) is 25.1. The van der Waals surface area contributed by atoms with Crippen molar-refractivity contribution in [3.05, 3.63) is 0 Å². The number of nitrogens with one attached hydrogen (secondary N) is 1. The van der Waals surface area contributed by atoms with Crippen molar-refractivity contribution in [3.8, 4) is 0 Å². The molecule has 1 atom stereocenters. The first kappa shape index (κ1) is 12.6. The van der Waals surface area contributed by atoms with Gasteiger partial charge in [0, 0.05) is 6.04 Å². The summed E-state index contributed by atoms with van der Waals surface area (Å²) in [6.45, 7) is 3.03. The summed E-state index contributed by atoms with van der Waals surface area (Å²) in [5.41, 5.74) is 0. The monoisotopic (exact) mass is 238 g/mol. The molecule has 0 spiro atoms. The Morgan fingerprint density at radius 3 is 2.65 bits per heavy atom. The zero-order valence-electron chi connectivity index (χ0n) is 10.6. The van der Waals surface area contributed by atoms with Gasteiger partial charge in [0.15, 0.2) is 0 Å². The zero-order chi connectivity index (χ0) is 12.3. The molecule has 1 N–H and O–H groups in total. The largest absolute Gasteiger partial charge is 0.305 e. The van der Waals surface area contributed by atoms with Crippen molar-refractivity contribution in [1.82, 2.24) is 10.2 Å². The van der Waals surface area contributed by atoms with E-state index in [2.05, 4.69) is 12.2 Å². The molecule has 0 aromatic heterocycles. The summed E-state index contributed by atoms with van der Waals surface area (Å²) >= 11 is 0. The quantitative estimate of drug-likeness (QED) is 0.539. The van der Waals surface area contributed by atoms with Gasteiger partial charge in [-0.1, -0.05) is 26.2 Å². The molecular weight excluding hydrogens is 216 g/mol. The Morgan fingerprint density at radius 2 is 2.00 bits per heavy atom. The SMILES string of the molecule is CCCCCCNC1CC(=O)N(C2CC2)C1=O. The highest BCUT2D eigenvalue weighted by molar-refractivity contribution is 6.06. The Balaban J connectivity index is 1.71. The average Bonchev–Trinajstić information content (AvgIpc) is 3.08. The van der Waals surface area contributed by atoms with Gasteiger partial charge in [-0.25, -0.2) is 0 Å². The smallest absolute Gasteiger partial charge is 0.247 e. The number of imide groups is 1. The van der Waals surface area contributed by atoms with Crippen LogP contribution in [0.15, 0.2) is 0 Å². The third-order valence-electron chi connectivity index (χ3n) is 3.52. The molecule has 2 aliphatic rings. The minimum atomic E-state index is -0.246. The Bertz CT molecular complexity index is 300. The second kappa shape index (κ2) is 5.63. The van der Waals surface area contributed by atoms with Crippen molar-refractivity contribution in [2.45, 2.75) is 64.0 Å². The summed E-state index contributed by atoms with van der Waals surface area (Å²) in [7, 11) is 0. The molecule has 17 heavy (non-hydrogen) atoms. The molecule has 2 fully saturated rings. The first-order chi connectivity index (χ1) is 8.24. The van der Waals surface area contributed by atoms with Crippen LogP contribution in [0, 0.1) is 0 Å². The molecule has 2 rings (SSSR count). The summed E-state index contributed by atoms with van der Waals surface area (Å²) in [5.74, 6) is 0.0246. The molecule has 0 bridgehead atoms. The van der Waals surface area contributed by atoms with Crippen LogP contribution >= 0.6 is 0 Å². The maximum Gasteiger partial charge on any atom is 0.247 e. The van der Waals surface area contributed by atoms with Crippen molar-refractivity contribution in [2.75, 3.05) is 6.54 Å². The first-order valence-corrected chi connectivity index (χ1v) is 6.83. The molecule has 4 heteroatoms. The molecule has 0 aromatic rings. The number of likely N-dealkylation sites (tertiary alicyclic amines) is 1. The first-order valence-electron chi connectivity index (χ1n) is 6.83. The number of amides is 2. The molecule has 1 heterocycles. The number of hydrogen-bond acceptors (Lipinski definition) is 3. The van der Waals surface area contributed by atoms with Gasteiger partial charge in [0.05, 0.1) is 12.5 Å². The van der Waals surface area contributed by atoms with Crippen molar-refractivity contribution < 1.29 is 9.59 Å². The predicted octanol–water partition coefficient (Wildman–Crippen LogP) is 1.45. The van der Waals surface area contributed by atoms with Crippen LogP contribution in [0.1, 0.15) is 51.9 Å². The lowest BCUT2D eigenvalue weighted by Crippen LogP contribution is -2.40. The number of hydrogen-bond donors (Lipinski definition) is 1. The topological polar surface area (TPSA) is 49.4 Å². The number of unbranched alkanes of at least 4 members (excludes halogenated alkanes) is 3. The van der Waals surface area contributed by atoms with Crippen LogP contribution < -0.4 is 5.32 Å². The lowest BCUT2D eigenvalue weighted by atomic mass is 10.2. The van der Waals surface area contributed by atoms with Crippen LogP contribution in [0.2, 0.25) is 0 Å². The molecule has 0 radical (unpaired) electrons. The van der Waals surface area contributed by atoms with E-state index < -0.39 is 0 Å². The molecule has 2 amide bonds. The minimum Gasteiger partial charge on any atom is -0.305 e. The molecule has 1 aliphatic carbocycles. The predicted molar refractivity (Wildman–Crippen MR) is 65.4 cm³/mol. The van der Waals surface area contributed by atoms with E-state index in [1.54, 1.807) is 0 Å². The molecular formula is C13H22N2O2. The molecule has 4 nitrogen and oxygen atoms in total. The van der Waals surface area contributed by atoms with Gasteiger partial charge >= 0.3 is 0 Å². The highest BCUT2D eigenvalue weighted by Gasteiger charge is 2.45. The van der Waals surface area contributed by atoms with Gasteiger partial charge in [0.1, 0.15) is 0 Å². The molecule has 1 saturated heterocycles. The third kappa shape index (κ3) is 3.06. The lowest BCUT2D eigenvalue weighted by molar-refractivity contribution is -0.139. The highest BCUT2D eigenvalue weighted by Crippen LogP contribution is 2.31. The van der Waals surface area contributed by atoms with E-state index in [0.717, 1.165) is 25.8 Å².